The number of anilines is 1. The molecule has 0 aliphatic heterocycles. The smallest absolute Gasteiger partial charge is 0.225 e. The van der Waals surface area contributed by atoms with Crippen molar-refractivity contribution < 1.29 is 4.79 Å². The summed E-state index contributed by atoms with van der Waals surface area (Å²) in [6.07, 6.45) is 0. The SMILES string of the molecule is CCN(C(C)=O)c1nc(CN(C)[C@@H](C)c2ccc(Cl)cc2Cl)cs1. The summed E-state index contributed by atoms with van der Waals surface area (Å²) in [4.78, 5) is 20.0. The Morgan fingerprint density at radius 3 is 2.67 bits per heavy atom. The van der Waals surface area contributed by atoms with Crippen LogP contribution in [0.5, 0.6) is 0 Å². The maximum Gasteiger partial charge on any atom is 0.225 e. The zero-order chi connectivity index (χ0) is 17.9. The van der Waals surface area contributed by atoms with Gasteiger partial charge in [0.05, 0.1) is 5.69 Å². The minimum Gasteiger partial charge on any atom is -0.294 e. The van der Waals surface area contributed by atoms with Crippen molar-refractivity contribution in [1.29, 1.82) is 0 Å². The van der Waals surface area contributed by atoms with Crippen LogP contribution in [0.25, 0.3) is 0 Å². The Kier molecular flexibility index (Phi) is 6.63. The van der Waals surface area contributed by atoms with Gasteiger partial charge in [-0.3, -0.25) is 14.6 Å². The van der Waals surface area contributed by atoms with Crippen molar-refractivity contribution in [2.45, 2.75) is 33.4 Å². The molecule has 0 aliphatic carbocycles. The first-order valence-electron chi connectivity index (χ1n) is 7.71. The number of amides is 1. The van der Waals surface area contributed by atoms with E-state index in [2.05, 4.69) is 16.8 Å². The molecule has 2 rings (SSSR count). The van der Waals surface area contributed by atoms with Crippen LogP contribution < -0.4 is 4.90 Å². The van der Waals surface area contributed by atoms with Gasteiger partial charge in [0.15, 0.2) is 5.13 Å². The monoisotopic (exact) mass is 385 g/mol. The normalized spacial score (nSPS) is 12.5. The van der Waals surface area contributed by atoms with Crippen LogP contribution in [0.1, 0.15) is 38.1 Å². The lowest BCUT2D eigenvalue weighted by molar-refractivity contribution is -0.116. The number of carbonyl (C=O) groups is 1. The predicted molar refractivity (Wildman–Crippen MR) is 102 cm³/mol. The molecule has 0 aliphatic rings. The highest BCUT2D eigenvalue weighted by molar-refractivity contribution is 7.14. The average molecular weight is 386 g/mol. The van der Waals surface area contributed by atoms with Gasteiger partial charge in [-0.2, -0.15) is 0 Å². The lowest BCUT2D eigenvalue weighted by Crippen LogP contribution is -2.28. The molecule has 130 valence electrons. The van der Waals surface area contributed by atoms with Gasteiger partial charge in [0.25, 0.3) is 0 Å². The number of aromatic nitrogens is 1. The number of hydrogen-bond donors (Lipinski definition) is 0. The molecule has 1 atom stereocenters. The van der Waals surface area contributed by atoms with E-state index >= 15 is 0 Å². The Morgan fingerprint density at radius 1 is 1.38 bits per heavy atom. The maximum absolute atomic E-state index is 11.6. The molecule has 1 aromatic heterocycles. The summed E-state index contributed by atoms with van der Waals surface area (Å²) in [5.41, 5.74) is 1.96. The second kappa shape index (κ2) is 8.30. The molecular formula is C17H21Cl2N3OS. The first-order valence-corrected chi connectivity index (χ1v) is 9.34. The molecule has 0 fully saturated rings. The third-order valence-electron chi connectivity index (χ3n) is 3.95. The standard InChI is InChI=1S/C17H21Cl2N3OS/c1-5-22(12(3)23)17-20-14(10-24-17)9-21(4)11(2)15-7-6-13(18)8-16(15)19/h6-8,10-11H,5,9H2,1-4H3/t11-/m0/s1. The number of halogens is 2. The Labute approximate surface area is 157 Å². The van der Waals surface area contributed by atoms with Crippen molar-refractivity contribution in [2.75, 3.05) is 18.5 Å². The van der Waals surface area contributed by atoms with Gasteiger partial charge in [-0.1, -0.05) is 29.3 Å². The fourth-order valence-corrected chi connectivity index (χ4v) is 3.95. The molecule has 0 spiro atoms. The molecule has 0 N–H and O–H groups in total. The third kappa shape index (κ3) is 4.48. The van der Waals surface area contributed by atoms with Crippen LogP contribution in [0.2, 0.25) is 10.0 Å². The van der Waals surface area contributed by atoms with Crippen LogP contribution in [-0.2, 0) is 11.3 Å². The Morgan fingerprint density at radius 2 is 2.08 bits per heavy atom. The quantitative estimate of drug-likeness (QED) is 0.700. The highest BCUT2D eigenvalue weighted by Gasteiger charge is 2.18. The lowest BCUT2D eigenvalue weighted by Gasteiger charge is -2.25. The van der Waals surface area contributed by atoms with Crippen LogP contribution in [-0.4, -0.2) is 29.4 Å². The molecule has 0 unspecified atom stereocenters. The third-order valence-corrected chi connectivity index (χ3v) is 5.43. The van der Waals surface area contributed by atoms with Crippen LogP contribution in [0.15, 0.2) is 23.6 Å². The average Bonchev–Trinajstić information content (AvgIpc) is 2.95. The number of carbonyl (C=O) groups excluding carboxylic acids is 1. The summed E-state index contributed by atoms with van der Waals surface area (Å²) < 4.78 is 0. The van der Waals surface area contributed by atoms with Crippen molar-refractivity contribution >= 4 is 45.6 Å². The van der Waals surface area contributed by atoms with Crippen molar-refractivity contribution in [2.24, 2.45) is 0 Å². The highest BCUT2D eigenvalue weighted by atomic mass is 35.5. The molecule has 0 radical (unpaired) electrons. The fourth-order valence-electron chi connectivity index (χ4n) is 2.46. The zero-order valence-electron chi connectivity index (χ0n) is 14.2. The van der Waals surface area contributed by atoms with E-state index in [4.69, 9.17) is 23.2 Å². The molecular weight excluding hydrogens is 365 g/mol. The van der Waals surface area contributed by atoms with Crippen molar-refractivity contribution in [3.8, 4) is 0 Å². The zero-order valence-corrected chi connectivity index (χ0v) is 16.5. The Bertz CT molecular complexity index is 720. The number of thiazole rings is 1. The lowest BCUT2D eigenvalue weighted by atomic mass is 10.1. The van der Waals surface area contributed by atoms with Gasteiger partial charge in [-0.15, -0.1) is 11.3 Å². The van der Waals surface area contributed by atoms with Crippen molar-refractivity contribution in [1.82, 2.24) is 9.88 Å². The number of hydrogen-bond acceptors (Lipinski definition) is 4. The fraction of sp³-hybridized carbons (Fsp3) is 0.412. The van der Waals surface area contributed by atoms with Gasteiger partial charge >= 0.3 is 0 Å². The van der Waals surface area contributed by atoms with E-state index in [0.717, 1.165) is 16.4 Å². The highest BCUT2D eigenvalue weighted by Crippen LogP contribution is 2.30. The van der Waals surface area contributed by atoms with E-state index in [1.165, 1.54) is 11.3 Å². The molecule has 0 bridgehead atoms. The van der Waals surface area contributed by atoms with Gasteiger partial charge in [-0.05, 0) is 38.6 Å². The predicted octanol–water partition coefficient (Wildman–Crippen LogP) is 5.02. The van der Waals surface area contributed by atoms with Crippen LogP contribution >= 0.6 is 34.5 Å². The molecule has 1 aromatic carbocycles. The molecule has 1 heterocycles. The summed E-state index contributed by atoms with van der Waals surface area (Å²) in [5, 5.41) is 4.03. The van der Waals surface area contributed by atoms with E-state index in [-0.39, 0.29) is 11.9 Å². The van der Waals surface area contributed by atoms with Gasteiger partial charge in [0.1, 0.15) is 0 Å². The Hall–Kier alpha value is -1.14. The molecule has 24 heavy (non-hydrogen) atoms. The first-order chi connectivity index (χ1) is 11.3. The van der Waals surface area contributed by atoms with Gasteiger partial charge in [0.2, 0.25) is 5.91 Å². The van der Waals surface area contributed by atoms with Crippen LogP contribution in [0.3, 0.4) is 0 Å². The van der Waals surface area contributed by atoms with Crippen LogP contribution in [0.4, 0.5) is 5.13 Å². The number of rotatable bonds is 6. The second-order valence-corrected chi connectivity index (χ2v) is 7.32. The van der Waals surface area contributed by atoms with Crippen molar-refractivity contribution in [3.63, 3.8) is 0 Å². The molecule has 0 saturated carbocycles. The van der Waals surface area contributed by atoms with E-state index < -0.39 is 0 Å². The van der Waals surface area contributed by atoms with Gasteiger partial charge in [0, 0.05) is 41.5 Å². The van der Waals surface area contributed by atoms with E-state index in [1.54, 1.807) is 17.9 Å². The summed E-state index contributed by atoms with van der Waals surface area (Å²) in [6.45, 7) is 6.89. The van der Waals surface area contributed by atoms with E-state index in [9.17, 15) is 4.79 Å². The molecule has 0 saturated heterocycles. The van der Waals surface area contributed by atoms with Crippen LogP contribution in [0, 0.1) is 0 Å². The molecule has 4 nitrogen and oxygen atoms in total. The number of nitrogens with zero attached hydrogens (tertiary/aromatic N) is 3. The first kappa shape index (κ1) is 19.2. The van der Waals surface area contributed by atoms with E-state index in [0.29, 0.717) is 23.1 Å². The molecule has 7 heteroatoms. The van der Waals surface area contributed by atoms with Crippen molar-refractivity contribution in [3.05, 3.63) is 44.9 Å². The summed E-state index contributed by atoms with van der Waals surface area (Å²) in [5.74, 6) is 0.00747. The van der Waals surface area contributed by atoms with E-state index in [1.807, 2.05) is 31.5 Å². The second-order valence-electron chi connectivity index (χ2n) is 5.64. The molecule has 1 amide bonds. The minimum atomic E-state index is 0.00747. The summed E-state index contributed by atoms with van der Waals surface area (Å²) in [7, 11) is 2.02. The summed E-state index contributed by atoms with van der Waals surface area (Å²) >= 11 is 13.8. The minimum absolute atomic E-state index is 0.00747. The maximum atomic E-state index is 11.6. The molecule has 2 aromatic rings. The number of benzene rings is 1. The van der Waals surface area contributed by atoms with Gasteiger partial charge in [-0.25, -0.2) is 4.98 Å². The Balaban J connectivity index is 2.10. The largest absolute Gasteiger partial charge is 0.294 e. The topological polar surface area (TPSA) is 36.4 Å². The van der Waals surface area contributed by atoms with Gasteiger partial charge < -0.3 is 0 Å². The summed E-state index contributed by atoms with van der Waals surface area (Å²) in [6, 6.07) is 5.68.